The SMILES string of the molecule is NCCNCc1ccc(Br)cc1[N+](=O)[O-]. The molecule has 0 heterocycles. The van der Waals surface area contributed by atoms with Crippen molar-refractivity contribution in [1.29, 1.82) is 0 Å². The number of nitrogens with two attached hydrogens (primary N) is 1. The molecule has 0 aliphatic heterocycles. The van der Waals surface area contributed by atoms with E-state index >= 15 is 0 Å². The summed E-state index contributed by atoms with van der Waals surface area (Å²) in [6.07, 6.45) is 0. The van der Waals surface area contributed by atoms with Crippen molar-refractivity contribution in [2.75, 3.05) is 13.1 Å². The fourth-order valence-electron chi connectivity index (χ4n) is 1.18. The second-order valence-corrected chi connectivity index (χ2v) is 3.91. The van der Waals surface area contributed by atoms with Gasteiger partial charge in [0.1, 0.15) is 0 Å². The minimum absolute atomic E-state index is 0.119. The van der Waals surface area contributed by atoms with Crippen LogP contribution in [0.2, 0.25) is 0 Å². The van der Waals surface area contributed by atoms with Gasteiger partial charge in [-0.3, -0.25) is 10.1 Å². The summed E-state index contributed by atoms with van der Waals surface area (Å²) in [4.78, 5) is 10.4. The van der Waals surface area contributed by atoms with Gasteiger partial charge in [0, 0.05) is 35.7 Å². The first kappa shape index (κ1) is 12.1. The second-order valence-electron chi connectivity index (χ2n) is 3.00. The Morgan fingerprint density at radius 3 is 2.87 bits per heavy atom. The molecule has 0 spiro atoms. The predicted octanol–water partition coefficient (Wildman–Crippen LogP) is 1.41. The number of nitrogens with one attached hydrogen (secondary N) is 1. The predicted molar refractivity (Wildman–Crippen MR) is 61.6 cm³/mol. The Hall–Kier alpha value is -0.980. The van der Waals surface area contributed by atoms with Crippen LogP contribution in [0.5, 0.6) is 0 Å². The van der Waals surface area contributed by atoms with E-state index in [1.54, 1.807) is 12.1 Å². The fraction of sp³-hybridized carbons (Fsp3) is 0.333. The number of nitro benzene ring substituents is 1. The van der Waals surface area contributed by atoms with Gasteiger partial charge in [-0.15, -0.1) is 0 Å². The number of hydrogen-bond donors (Lipinski definition) is 2. The molecular formula is C9H12BrN3O2. The third kappa shape index (κ3) is 3.58. The van der Waals surface area contributed by atoms with E-state index in [1.807, 2.05) is 0 Å². The van der Waals surface area contributed by atoms with Gasteiger partial charge < -0.3 is 11.1 Å². The van der Waals surface area contributed by atoms with Crippen LogP contribution in [0.25, 0.3) is 0 Å². The van der Waals surface area contributed by atoms with Gasteiger partial charge in [0.25, 0.3) is 5.69 Å². The molecule has 1 aromatic rings. The minimum Gasteiger partial charge on any atom is -0.329 e. The zero-order valence-corrected chi connectivity index (χ0v) is 9.66. The largest absolute Gasteiger partial charge is 0.329 e. The molecule has 0 amide bonds. The maximum absolute atomic E-state index is 10.7. The summed E-state index contributed by atoms with van der Waals surface area (Å²) < 4.78 is 0.705. The molecule has 0 saturated carbocycles. The standard InChI is InChI=1S/C9H12BrN3O2/c10-8-2-1-7(6-12-4-3-11)9(5-8)13(14)15/h1-2,5,12H,3-4,6,11H2. The third-order valence-electron chi connectivity index (χ3n) is 1.88. The lowest BCUT2D eigenvalue weighted by Gasteiger charge is -2.04. The van der Waals surface area contributed by atoms with Gasteiger partial charge in [0.05, 0.1) is 4.92 Å². The van der Waals surface area contributed by atoms with Crippen molar-refractivity contribution in [2.45, 2.75) is 6.54 Å². The molecular weight excluding hydrogens is 262 g/mol. The molecule has 0 unspecified atom stereocenters. The van der Waals surface area contributed by atoms with E-state index in [4.69, 9.17) is 5.73 Å². The highest BCUT2D eigenvalue weighted by Gasteiger charge is 2.12. The molecule has 0 saturated heterocycles. The van der Waals surface area contributed by atoms with E-state index in [2.05, 4.69) is 21.2 Å². The van der Waals surface area contributed by atoms with Crippen LogP contribution in [-0.2, 0) is 6.54 Å². The summed E-state index contributed by atoms with van der Waals surface area (Å²) in [7, 11) is 0. The summed E-state index contributed by atoms with van der Waals surface area (Å²) in [5.41, 5.74) is 6.09. The average molecular weight is 274 g/mol. The van der Waals surface area contributed by atoms with Gasteiger partial charge in [0.2, 0.25) is 0 Å². The molecule has 3 N–H and O–H groups in total. The highest BCUT2D eigenvalue weighted by molar-refractivity contribution is 9.10. The van der Waals surface area contributed by atoms with Gasteiger partial charge >= 0.3 is 0 Å². The highest BCUT2D eigenvalue weighted by atomic mass is 79.9. The van der Waals surface area contributed by atoms with E-state index < -0.39 is 0 Å². The minimum atomic E-state index is -0.385. The number of rotatable bonds is 5. The highest BCUT2D eigenvalue weighted by Crippen LogP contribution is 2.23. The van der Waals surface area contributed by atoms with Crippen molar-refractivity contribution in [3.63, 3.8) is 0 Å². The second kappa shape index (κ2) is 5.79. The third-order valence-corrected chi connectivity index (χ3v) is 2.37. The zero-order valence-electron chi connectivity index (χ0n) is 8.07. The van der Waals surface area contributed by atoms with Gasteiger partial charge in [-0.05, 0) is 12.1 Å². The van der Waals surface area contributed by atoms with Crippen molar-refractivity contribution in [3.05, 3.63) is 38.3 Å². The zero-order chi connectivity index (χ0) is 11.3. The summed E-state index contributed by atoms with van der Waals surface area (Å²) in [5.74, 6) is 0. The van der Waals surface area contributed by atoms with Crippen LogP contribution in [0.3, 0.4) is 0 Å². The molecule has 1 rings (SSSR count). The molecule has 0 aliphatic rings. The van der Waals surface area contributed by atoms with Gasteiger partial charge in [-0.25, -0.2) is 0 Å². The fourth-order valence-corrected chi connectivity index (χ4v) is 1.53. The molecule has 1 aromatic carbocycles. The van der Waals surface area contributed by atoms with Gasteiger partial charge in [-0.1, -0.05) is 15.9 Å². The summed E-state index contributed by atoms with van der Waals surface area (Å²) in [6, 6.07) is 5.01. The Morgan fingerprint density at radius 2 is 2.27 bits per heavy atom. The van der Waals surface area contributed by atoms with Gasteiger partial charge in [-0.2, -0.15) is 0 Å². The van der Waals surface area contributed by atoms with Crippen molar-refractivity contribution in [3.8, 4) is 0 Å². The van der Waals surface area contributed by atoms with E-state index in [0.29, 0.717) is 29.7 Å². The van der Waals surface area contributed by atoms with Crippen LogP contribution >= 0.6 is 15.9 Å². The van der Waals surface area contributed by atoms with Crippen molar-refractivity contribution >= 4 is 21.6 Å². The first-order valence-corrected chi connectivity index (χ1v) is 5.28. The lowest BCUT2D eigenvalue weighted by Crippen LogP contribution is -2.22. The van der Waals surface area contributed by atoms with Gasteiger partial charge in [0.15, 0.2) is 0 Å². The molecule has 0 bridgehead atoms. The molecule has 82 valence electrons. The number of hydrogen-bond acceptors (Lipinski definition) is 4. The smallest absolute Gasteiger partial charge is 0.275 e. The van der Waals surface area contributed by atoms with Crippen LogP contribution in [0.15, 0.2) is 22.7 Å². The van der Waals surface area contributed by atoms with E-state index in [0.717, 1.165) is 0 Å². The quantitative estimate of drug-likeness (QED) is 0.483. The maximum Gasteiger partial charge on any atom is 0.275 e. The molecule has 0 atom stereocenters. The first-order valence-electron chi connectivity index (χ1n) is 4.48. The van der Waals surface area contributed by atoms with Crippen LogP contribution in [0.1, 0.15) is 5.56 Å². The molecule has 0 aromatic heterocycles. The molecule has 0 radical (unpaired) electrons. The molecule has 5 nitrogen and oxygen atoms in total. The molecule has 15 heavy (non-hydrogen) atoms. The number of halogens is 1. The Balaban J connectivity index is 2.81. The van der Waals surface area contributed by atoms with Crippen LogP contribution in [0, 0.1) is 10.1 Å². The lowest BCUT2D eigenvalue weighted by atomic mass is 10.2. The molecule has 0 fully saturated rings. The Morgan fingerprint density at radius 1 is 1.53 bits per heavy atom. The Labute approximate surface area is 95.9 Å². The van der Waals surface area contributed by atoms with Crippen LogP contribution in [0.4, 0.5) is 5.69 Å². The molecule has 0 aliphatic carbocycles. The van der Waals surface area contributed by atoms with Crippen LogP contribution < -0.4 is 11.1 Å². The monoisotopic (exact) mass is 273 g/mol. The number of benzene rings is 1. The maximum atomic E-state index is 10.7. The Kier molecular flexibility index (Phi) is 4.67. The van der Waals surface area contributed by atoms with Crippen molar-refractivity contribution < 1.29 is 4.92 Å². The van der Waals surface area contributed by atoms with Crippen LogP contribution in [-0.4, -0.2) is 18.0 Å². The average Bonchev–Trinajstić information content (AvgIpc) is 2.20. The van der Waals surface area contributed by atoms with E-state index in [9.17, 15) is 10.1 Å². The molecule has 6 heteroatoms. The van der Waals surface area contributed by atoms with E-state index in [-0.39, 0.29) is 10.6 Å². The topological polar surface area (TPSA) is 81.2 Å². The normalized spacial score (nSPS) is 10.3. The first-order chi connectivity index (χ1) is 7.15. The summed E-state index contributed by atoms with van der Waals surface area (Å²) in [6.45, 7) is 1.62. The van der Waals surface area contributed by atoms with E-state index in [1.165, 1.54) is 6.07 Å². The summed E-state index contributed by atoms with van der Waals surface area (Å²) >= 11 is 3.20. The van der Waals surface area contributed by atoms with Crippen molar-refractivity contribution in [1.82, 2.24) is 5.32 Å². The lowest BCUT2D eigenvalue weighted by molar-refractivity contribution is -0.385. The van der Waals surface area contributed by atoms with Crippen molar-refractivity contribution in [2.24, 2.45) is 5.73 Å². The number of nitro groups is 1. The summed E-state index contributed by atoms with van der Waals surface area (Å²) in [5, 5.41) is 13.8. The number of nitrogens with zero attached hydrogens (tertiary/aromatic N) is 1. The Bertz CT molecular complexity index is 357.